The molecule has 0 saturated carbocycles. The Morgan fingerprint density at radius 3 is 2.45 bits per heavy atom. The quantitative estimate of drug-likeness (QED) is 0.377. The molecular formula is C26H29NO4. The standard InChI is InChI=1S/C26H29NO4/c1-3-11-21-20(4-2)25-27(22(17-30-25)19-14-9-6-10-15-19)24(28)23(21)26(29)31-16-18-12-7-5-8-13-18/h3,5-10,12-15,20-23,25H,1,4,11,16-17H2,2H3/t20-,21+,22-,23?,25+/m0/s1. The van der Waals surface area contributed by atoms with Gasteiger partial charge in [-0.15, -0.1) is 6.58 Å². The lowest BCUT2D eigenvalue weighted by Gasteiger charge is -2.45. The van der Waals surface area contributed by atoms with Crippen LogP contribution in [-0.2, 0) is 25.7 Å². The van der Waals surface area contributed by atoms with E-state index in [2.05, 4.69) is 13.5 Å². The number of rotatable bonds is 7. The Morgan fingerprint density at radius 2 is 1.81 bits per heavy atom. The zero-order valence-corrected chi connectivity index (χ0v) is 17.9. The molecule has 5 atom stereocenters. The van der Waals surface area contributed by atoms with Crippen molar-refractivity contribution in [3.63, 3.8) is 0 Å². The maximum Gasteiger partial charge on any atom is 0.319 e. The van der Waals surface area contributed by atoms with E-state index in [0.29, 0.717) is 13.0 Å². The lowest BCUT2D eigenvalue weighted by atomic mass is 9.72. The van der Waals surface area contributed by atoms with Gasteiger partial charge in [0.1, 0.15) is 18.8 Å². The van der Waals surface area contributed by atoms with Crippen LogP contribution in [0.1, 0.15) is 36.9 Å². The van der Waals surface area contributed by atoms with Crippen LogP contribution in [0, 0.1) is 17.8 Å². The number of fused-ring (bicyclic) bond motifs is 1. The molecule has 0 bridgehead atoms. The Bertz CT molecular complexity index is 914. The molecule has 0 radical (unpaired) electrons. The highest BCUT2D eigenvalue weighted by Crippen LogP contribution is 2.46. The van der Waals surface area contributed by atoms with Gasteiger partial charge < -0.3 is 14.4 Å². The second-order valence-corrected chi connectivity index (χ2v) is 8.23. The van der Waals surface area contributed by atoms with E-state index in [9.17, 15) is 9.59 Å². The Labute approximate surface area is 183 Å². The molecule has 2 aliphatic rings. The van der Waals surface area contributed by atoms with Gasteiger partial charge >= 0.3 is 5.97 Å². The molecule has 2 aliphatic heterocycles. The Kier molecular flexibility index (Phi) is 6.52. The van der Waals surface area contributed by atoms with Gasteiger partial charge in [-0.25, -0.2) is 0 Å². The van der Waals surface area contributed by atoms with Gasteiger partial charge in [0.15, 0.2) is 0 Å². The molecule has 0 aliphatic carbocycles. The number of benzene rings is 2. The third-order valence-electron chi connectivity index (χ3n) is 6.47. The zero-order chi connectivity index (χ0) is 21.8. The van der Waals surface area contributed by atoms with Gasteiger partial charge in [-0.05, 0) is 29.9 Å². The highest BCUT2D eigenvalue weighted by molar-refractivity contribution is 5.99. The first kappa shape index (κ1) is 21.3. The van der Waals surface area contributed by atoms with Crippen molar-refractivity contribution in [2.24, 2.45) is 17.8 Å². The minimum atomic E-state index is -0.851. The van der Waals surface area contributed by atoms with E-state index in [1.165, 1.54) is 0 Å². The number of esters is 1. The minimum Gasteiger partial charge on any atom is -0.460 e. The third kappa shape index (κ3) is 4.15. The topological polar surface area (TPSA) is 55.8 Å². The van der Waals surface area contributed by atoms with Crippen LogP contribution in [0.5, 0.6) is 0 Å². The number of nitrogens with zero attached hydrogens (tertiary/aromatic N) is 1. The molecule has 2 aromatic rings. The molecule has 1 unspecified atom stereocenters. The Morgan fingerprint density at radius 1 is 1.13 bits per heavy atom. The summed E-state index contributed by atoms with van der Waals surface area (Å²) in [6, 6.07) is 19.2. The van der Waals surface area contributed by atoms with Gasteiger partial charge in [0.25, 0.3) is 0 Å². The van der Waals surface area contributed by atoms with E-state index in [1.54, 1.807) is 11.0 Å². The normalized spacial score (nSPS) is 27.6. The molecular weight excluding hydrogens is 390 g/mol. The number of allylic oxidation sites excluding steroid dienone is 1. The second-order valence-electron chi connectivity index (χ2n) is 8.23. The second kappa shape index (κ2) is 9.48. The summed E-state index contributed by atoms with van der Waals surface area (Å²) in [6.45, 7) is 6.54. The van der Waals surface area contributed by atoms with Crippen LogP contribution in [0.3, 0.4) is 0 Å². The lowest BCUT2D eigenvalue weighted by Crippen LogP contribution is -2.57. The summed E-state index contributed by atoms with van der Waals surface area (Å²) < 4.78 is 11.8. The monoisotopic (exact) mass is 419 g/mol. The molecule has 2 aromatic carbocycles. The number of piperidine rings is 1. The molecule has 4 rings (SSSR count). The summed E-state index contributed by atoms with van der Waals surface area (Å²) in [5.74, 6) is -1.66. The summed E-state index contributed by atoms with van der Waals surface area (Å²) in [6.07, 6.45) is 2.83. The zero-order valence-electron chi connectivity index (χ0n) is 17.9. The summed E-state index contributed by atoms with van der Waals surface area (Å²) in [7, 11) is 0. The van der Waals surface area contributed by atoms with Gasteiger partial charge in [-0.2, -0.15) is 0 Å². The number of amides is 1. The SMILES string of the molecule is C=CC[C@H]1C(C(=O)OCc2ccccc2)C(=O)N2[C@H](OC[C@H]2c2ccccc2)[C@H]1CC. The summed E-state index contributed by atoms with van der Waals surface area (Å²) >= 11 is 0. The fourth-order valence-corrected chi connectivity index (χ4v) is 4.97. The van der Waals surface area contributed by atoms with Crippen molar-refractivity contribution in [1.29, 1.82) is 0 Å². The van der Waals surface area contributed by atoms with E-state index >= 15 is 0 Å². The maximum absolute atomic E-state index is 13.7. The fraction of sp³-hybridized carbons (Fsp3) is 0.385. The molecule has 162 valence electrons. The molecule has 2 saturated heterocycles. The van der Waals surface area contributed by atoms with E-state index in [-0.39, 0.29) is 36.6 Å². The van der Waals surface area contributed by atoms with E-state index in [0.717, 1.165) is 17.5 Å². The van der Waals surface area contributed by atoms with E-state index in [1.807, 2.05) is 60.7 Å². The fourth-order valence-electron chi connectivity index (χ4n) is 4.97. The Hall–Kier alpha value is -2.92. The predicted molar refractivity (Wildman–Crippen MR) is 118 cm³/mol. The first-order valence-corrected chi connectivity index (χ1v) is 11.0. The molecule has 1 amide bonds. The summed E-state index contributed by atoms with van der Waals surface area (Å²) in [4.78, 5) is 28.7. The number of carbonyl (C=O) groups is 2. The third-order valence-corrected chi connectivity index (χ3v) is 6.47. The van der Waals surface area contributed by atoms with Crippen molar-refractivity contribution < 1.29 is 19.1 Å². The molecule has 2 fully saturated rings. The van der Waals surface area contributed by atoms with Crippen molar-refractivity contribution in [2.75, 3.05) is 6.61 Å². The van der Waals surface area contributed by atoms with Crippen LogP contribution in [0.15, 0.2) is 73.3 Å². The van der Waals surface area contributed by atoms with Crippen LogP contribution >= 0.6 is 0 Å². The predicted octanol–water partition coefficient (Wildman–Crippen LogP) is 4.50. The van der Waals surface area contributed by atoms with Gasteiger partial charge in [-0.3, -0.25) is 9.59 Å². The van der Waals surface area contributed by atoms with Crippen molar-refractivity contribution >= 4 is 11.9 Å². The largest absolute Gasteiger partial charge is 0.460 e. The van der Waals surface area contributed by atoms with Gasteiger partial charge in [0.05, 0.1) is 12.6 Å². The maximum atomic E-state index is 13.7. The van der Waals surface area contributed by atoms with Crippen LogP contribution in [0.4, 0.5) is 0 Å². The van der Waals surface area contributed by atoms with Crippen molar-refractivity contribution in [3.8, 4) is 0 Å². The van der Waals surface area contributed by atoms with Gasteiger partial charge in [0.2, 0.25) is 5.91 Å². The number of ether oxygens (including phenoxy) is 2. The van der Waals surface area contributed by atoms with Crippen molar-refractivity contribution in [3.05, 3.63) is 84.4 Å². The number of carbonyl (C=O) groups excluding carboxylic acids is 2. The summed E-state index contributed by atoms with van der Waals surface area (Å²) in [5, 5.41) is 0. The van der Waals surface area contributed by atoms with Crippen LogP contribution in [-0.4, -0.2) is 29.6 Å². The lowest BCUT2D eigenvalue weighted by molar-refractivity contribution is -0.176. The first-order chi connectivity index (χ1) is 15.2. The van der Waals surface area contributed by atoms with Crippen LogP contribution < -0.4 is 0 Å². The number of hydrogen-bond acceptors (Lipinski definition) is 4. The molecule has 5 nitrogen and oxygen atoms in total. The molecule has 31 heavy (non-hydrogen) atoms. The van der Waals surface area contributed by atoms with Gasteiger partial charge in [-0.1, -0.05) is 73.7 Å². The average Bonchev–Trinajstić information content (AvgIpc) is 3.25. The van der Waals surface area contributed by atoms with Crippen molar-refractivity contribution in [2.45, 2.75) is 38.6 Å². The highest BCUT2D eigenvalue weighted by atomic mass is 16.5. The van der Waals surface area contributed by atoms with Crippen LogP contribution in [0.2, 0.25) is 0 Å². The molecule has 0 spiro atoms. The van der Waals surface area contributed by atoms with Gasteiger partial charge in [0, 0.05) is 5.92 Å². The molecule has 5 heteroatoms. The summed E-state index contributed by atoms with van der Waals surface area (Å²) in [5.41, 5.74) is 1.92. The highest BCUT2D eigenvalue weighted by Gasteiger charge is 2.55. The first-order valence-electron chi connectivity index (χ1n) is 11.0. The Balaban J connectivity index is 1.62. The molecule has 0 aromatic heterocycles. The molecule has 0 N–H and O–H groups in total. The average molecular weight is 420 g/mol. The number of hydrogen-bond donors (Lipinski definition) is 0. The molecule has 2 heterocycles. The van der Waals surface area contributed by atoms with Crippen LogP contribution in [0.25, 0.3) is 0 Å². The minimum absolute atomic E-state index is 0.0405. The smallest absolute Gasteiger partial charge is 0.319 e. The van der Waals surface area contributed by atoms with E-state index in [4.69, 9.17) is 9.47 Å². The van der Waals surface area contributed by atoms with E-state index < -0.39 is 11.9 Å². The van der Waals surface area contributed by atoms with Crippen molar-refractivity contribution in [1.82, 2.24) is 4.90 Å².